The summed E-state index contributed by atoms with van der Waals surface area (Å²) in [6.07, 6.45) is 1.79. The molecule has 0 radical (unpaired) electrons. The lowest BCUT2D eigenvalue weighted by atomic mass is 10.1. The van der Waals surface area contributed by atoms with Gasteiger partial charge in [0, 0.05) is 4.47 Å². The van der Waals surface area contributed by atoms with E-state index in [0.717, 1.165) is 15.7 Å². The second-order valence-corrected chi connectivity index (χ2v) is 7.32. The van der Waals surface area contributed by atoms with Crippen molar-refractivity contribution in [2.24, 2.45) is 0 Å². The van der Waals surface area contributed by atoms with Gasteiger partial charge in [0.1, 0.15) is 0 Å². The van der Waals surface area contributed by atoms with Crippen LogP contribution in [0.25, 0.3) is 6.08 Å². The summed E-state index contributed by atoms with van der Waals surface area (Å²) in [7, 11) is 0. The highest BCUT2D eigenvalue weighted by Gasteiger charge is 2.33. The molecule has 2 aromatic rings. The van der Waals surface area contributed by atoms with Crippen molar-refractivity contribution in [3.8, 4) is 6.07 Å². The summed E-state index contributed by atoms with van der Waals surface area (Å²) in [5, 5.41) is 8.82. The van der Waals surface area contributed by atoms with Crippen molar-refractivity contribution in [1.82, 2.24) is 0 Å². The summed E-state index contributed by atoms with van der Waals surface area (Å²) >= 11 is 10.0. The van der Waals surface area contributed by atoms with E-state index in [4.69, 9.17) is 17.5 Å². The Balaban J connectivity index is 1.91. The number of thiocarbonyl (C=S) groups is 1. The third-order valence-electron chi connectivity index (χ3n) is 3.20. The molecule has 2 aromatic carbocycles. The Morgan fingerprint density at radius 1 is 1.22 bits per heavy atom. The number of hydrogen-bond acceptors (Lipinski definition) is 4. The van der Waals surface area contributed by atoms with Crippen LogP contribution in [0, 0.1) is 11.3 Å². The first-order chi connectivity index (χ1) is 11.1. The maximum atomic E-state index is 12.6. The smallest absolute Gasteiger partial charge is 0.268 e. The van der Waals surface area contributed by atoms with Crippen molar-refractivity contribution in [1.29, 1.82) is 5.26 Å². The minimum Gasteiger partial charge on any atom is -0.268 e. The van der Waals surface area contributed by atoms with Crippen molar-refractivity contribution in [2.45, 2.75) is 0 Å². The van der Waals surface area contributed by atoms with E-state index in [1.165, 1.54) is 16.7 Å². The molecule has 0 atom stereocenters. The lowest BCUT2D eigenvalue weighted by Gasteiger charge is -2.14. The predicted octanol–water partition coefficient (Wildman–Crippen LogP) is 4.73. The number of benzene rings is 2. The van der Waals surface area contributed by atoms with Gasteiger partial charge in [0.15, 0.2) is 4.32 Å². The molecule has 1 fully saturated rings. The Bertz CT molecular complexity index is 869. The van der Waals surface area contributed by atoms with Crippen LogP contribution in [-0.4, -0.2) is 10.2 Å². The van der Waals surface area contributed by atoms with Crippen molar-refractivity contribution in [3.63, 3.8) is 0 Å². The van der Waals surface area contributed by atoms with Crippen molar-refractivity contribution in [2.75, 3.05) is 4.90 Å². The van der Waals surface area contributed by atoms with Crippen molar-refractivity contribution < 1.29 is 4.79 Å². The van der Waals surface area contributed by atoms with Gasteiger partial charge in [-0.25, -0.2) is 0 Å². The van der Waals surface area contributed by atoms with Gasteiger partial charge in [0.05, 0.1) is 22.2 Å². The molecule has 1 amide bonds. The van der Waals surface area contributed by atoms with Gasteiger partial charge in [0.25, 0.3) is 5.91 Å². The largest absolute Gasteiger partial charge is 0.270 e. The van der Waals surface area contributed by atoms with Gasteiger partial charge in [0.2, 0.25) is 0 Å². The number of hydrogen-bond donors (Lipinski definition) is 0. The molecule has 0 bridgehead atoms. The summed E-state index contributed by atoms with van der Waals surface area (Å²) in [6.45, 7) is 0. The van der Waals surface area contributed by atoms with Crippen molar-refractivity contribution in [3.05, 3.63) is 69.0 Å². The van der Waals surface area contributed by atoms with E-state index in [0.29, 0.717) is 14.8 Å². The Kier molecular flexibility index (Phi) is 4.62. The van der Waals surface area contributed by atoms with Gasteiger partial charge in [-0.05, 0) is 42.0 Å². The zero-order valence-electron chi connectivity index (χ0n) is 11.7. The topological polar surface area (TPSA) is 44.1 Å². The molecular weight excluding hydrogens is 392 g/mol. The van der Waals surface area contributed by atoms with Crippen LogP contribution in [0.3, 0.4) is 0 Å². The maximum absolute atomic E-state index is 12.6. The van der Waals surface area contributed by atoms with Crippen LogP contribution in [0.5, 0.6) is 0 Å². The molecule has 0 aliphatic carbocycles. The monoisotopic (exact) mass is 400 g/mol. The van der Waals surface area contributed by atoms with E-state index in [-0.39, 0.29) is 5.91 Å². The summed E-state index contributed by atoms with van der Waals surface area (Å²) in [6, 6.07) is 16.6. The highest BCUT2D eigenvalue weighted by molar-refractivity contribution is 9.10. The number of carbonyl (C=O) groups is 1. The molecule has 23 heavy (non-hydrogen) atoms. The van der Waals surface area contributed by atoms with Gasteiger partial charge < -0.3 is 0 Å². The number of halogens is 1. The number of nitriles is 1. The normalized spacial score (nSPS) is 16.0. The third kappa shape index (κ3) is 3.37. The molecule has 1 aliphatic heterocycles. The van der Waals surface area contributed by atoms with Crippen LogP contribution in [0.2, 0.25) is 0 Å². The molecule has 1 aliphatic rings. The second-order valence-electron chi connectivity index (χ2n) is 4.73. The number of carbonyl (C=O) groups excluding carboxylic acids is 1. The van der Waals surface area contributed by atoms with E-state index in [1.54, 1.807) is 18.2 Å². The zero-order valence-corrected chi connectivity index (χ0v) is 14.9. The molecule has 3 nitrogen and oxygen atoms in total. The van der Waals surface area contributed by atoms with Crippen LogP contribution in [-0.2, 0) is 4.79 Å². The Morgan fingerprint density at radius 3 is 2.61 bits per heavy atom. The average Bonchev–Trinajstić information content (AvgIpc) is 2.82. The van der Waals surface area contributed by atoms with Crippen LogP contribution in [0.1, 0.15) is 11.1 Å². The molecule has 0 unspecified atom stereocenters. The van der Waals surface area contributed by atoms with Crippen molar-refractivity contribution >= 4 is 61.9 Å². The van der Waals surface area contributed by atoms with E-state index < -0.39 is 0 Å². The first kappa shape index (κ1) is 15.9. The fourth-order valence-electron chi connectivity index (χ4n) is 2.11. The molecule has 1 saturated heterocycles. The fraction of sp³-hybridized carbons (Fsp3) is 0. The van der Waals surface area contributed by atoms with Gasteiger partial charge in [-0.3, -0.25) is 9.69 Å². The predicted molar refractivity (Wildman–Crippen MR) is 101 cm³/mol. The standard InChI is InChI=1S/C17H9BrN2OS2/c18-13-2-1-3-14(9-13)20-16(21)15(23-17(20)22)8-11-4-6-12(10-19)7-5-11/h1-9H. The van der Waals surface area contributed by atoms with E-state index >= 15 is 0 Å². The first-order valence-electron chi connectivity index (χ1n) is 6.62. The van der Waals surface area contributed by atoms with E-state index in [1.807, 2.05) is 36.4 Å². The molecule has 0 spiro atoms. The van der Waals surface area contributed by atoms with Gasteiger partial charge in [-0.15, -0.1) is 0 Å². The lowest BCUT2D eigenvalue weighted by molar-refractivity contribution is -0.113. The molecule has 1 heterocycles. The number of anilines is 1. The summed E-state index contributed by atoms with van der Waals surface area (Å²) in [4.78, 5) is 14.7. The van der Waals surface area contributed by atoms with Crippen LogP contribution in [0.15, 0.2) is 57.9 Å². The average molecular weight is 401 g/mol. The van der Waals surface area contributed by atoms with Gasteiger partial charge in [-0.1, -0.05) is 58.1 Å². The molecule has 0 N–H and O–H groups in total. The summed E-state index contributed by atoms with van der Waals surface area (Å²) in [5.74, 6) is -0.137. The number of nitrogens with zero attached hydrogens (tertiary/aromatic N) is 2. The Hall–Kier alpha value is -1.94. The van der Waals surface area contributed by atoms with Crippen LogP contribution < -0.4 is 4.90 Å². The summed E-state index contributed by atoms with van der Waals surface area (Å²) in [5.41, 5.74) is 2.19. The Morgan fingerprint density at radius 2 is 1.96 bits per heavy atom. The number of thioether (sulfide) groups is 1. The molecular formula is C17H9BrN2OS2. The minimum atomic E-state index is -0.137. The number of amides is 1. The summed E-state index contributed by atoms with van der Waals surface area (Å²) < 4.78 is 1.40. The van der Waals surface area contributed by atoms with Crippen LogP contribution >= 0.6 is 39.9 Å². The minimum absolute atomic E-state index is 0.137. The van der Waals surface area contributed by atoms with Gasteiger partial charge >= 0.3 is 0 Å². The molecule has 112 valence electrons. The van der Waals surface area contributed by atoms with Gasteiger partial charge in [-0.2, -0.15) is 5.26 Å². The highest BCUT2D eigenvalue weighted by atomic mass is 79.9. The maximum Gasteiger partial charge on any atom is 0.270 e. The lowest BCUT2D eigenvalue weighted by Crippen LogP contribution is -2.27. The van der Waals surface area contributed by atoms with E-state index in [9.17, 15) is 4.79 Å². The fourth-order valence-corrected chi connectivity index (χ4v) is 3.80. The third-order valence-corrected chi connectivity index (χ3v) is 4.99. The molecule has 6 heteroatoms. The SMILES string of the molecule is N#Cc1ccc(C=C2SC(=S)N(c3cccc(Br)c3)C2=O)cc1. The van der Waals surface area contributed by atoms with E-state index in [2.05, 4.69) is 22.0 Å². The zero-order chi connectivity index (χ0) is 16.4. The highest BCUT2D eigenvalue weighted by Crippen LogP contribution is 2.36. The first-order valence-corrected chi connectivity index (χ1v) is 8.64. The molecule has 3 rings (SSSR count). The number of rotatable bonds is 2. The molecule has 0 saturated carbocycles. The molecule has 0 aromatic heterocycles. The quantitative estimate of drug-likeness (QED) is 0.539. The Labute approximate surface area is 151 Å². The second kappa shape index (κ2) is 6.67. The van der Waals surface area contributed by atoms with Crippen LogP contribution in [0.4, 0.5) is 5.69 Å².